The highest BCUT2D eigenvalue weighted by Gasteiger charge is 2.13. The Morgan fingerprint density at radius 3 is 2.77 bits per heavy atom. The number of aromatic nitrogens is 3. The molecule has 1 aromatic carbocycles. The van der Waals surface area contributed by atoms with Gasteiger partial charge in [-0.3, -0.25) is 14.2 Å². The molecule has 0 aliphatic carbocycles. The van der Waals surface area contributed by atoms with Crippen LogP contribution in [0.3, 0.4) is 0 Å². The van der Waals surface area contributed by atoms with Gasteiger partial charge in [-0.15, -0.1) is 11.3 Å². The fourth-order valence-corrected chi connectivity index (χ4v) is 3.84. The Hall–Kier alpha value is -3.06. The minimum absolute atomic E-state index is 0.0843. The first-order chi connectivity index (χ1) is 12.7. The molecule has 0 radical (unpaired) electrons. The molecule has 0 bridgehead atoms. The van der Waals surface area contributed by atoms with E-state index in [9.17, 15) is 9.59 Å². The molecule has 7 heteroatoms. The molecule has 1 N–H and O–H groups in total. The Morgan fingerprint density at radius 1 is 1.19 bits per heavy atom. The molecular weight excluding hydrogens is 348 g/mol. The summed E-state index contributed by atoms with van der Waals surface area (Å²) in [7, 11) is 0. The number of aryl methyl sites for hydroxylation is 1. The zero-order valence-electron chi connectivity index (χ0n) is 14.1. The van der Waals surface area contributed by atoms with Gasteiger partial charge in [-0.1, -0.05) is 19.1 Å². The van der Waals surface area contributed by atoms with E-state index < -0.39 is 0 Å². The molecule has 1 amide bonds. The van der Waals surface area contributed by atoms with Crippen molar-refractivity contribution in [3.05, 3.63) is 64.8 Å². The van der Waals surface area contributed by atoms with Gasteiger partial charge in [0, 0.05) is 17.3 Å². The van der Waals surface area contributed by atoms with Crippen molar-refractivity contribution in [2.24, 2.45) is 0 Å². The quantitative estimate of drug-likeness (QED) is 0.603. The van der Waals surface area contributed by atoms with Gasteiger partial charge in [-0.2, -0.15) is 0 Å². The summed E-state index contributed by atoms with van der Waals surface area (Å²) < 4.78 is 1.84. The van der Waals surface area contributed by atoms with Crippen LogP contribution in [0.4, 0.5) is 5.69 Å². The summed E-state index contributed by atoms with van der Waals surface area (Å²) in [5.41, 5.74) is 2.32. The predicted octanol–water partition coefficient (Wildman–Crippen LogP) is 3.21. The number of anilines is 1. The number of nitrogens with zero attached hydrogens (tertiary/aromatic N) is 3. The van der Waals surface area contributed by atoms with E-state index in [1.165, 1.54) is 27.8 Å². The molecule has 0 aliphatic heterocycles. The lowest BCUT2D eigenvalue weighted by molar-refractivity contribution is -0.116. The van der Waals surface area contributed by atoms with Gasteiger partial charge in [0.2, 0.25) is 5.91 Å². The minimum atomic E-state index is -0.267. The maximum absolute atomic E-state index is 12.7. The van der Waals surface area contributed by atoms with Gasteiger partial charge in [0.25, 0.3) is 5.56 Å². The van der Waals surface area contributed by atoms with Crippen LogP contribution in [0, 0.1) is 0 Å². The van der Waals surface area contributed by atoms with Gasteiger partial charge in [-0.05, 0) is 36.2 Å². The van der Waals surface area contributed by atoms with Crippen molar-refractivity contribution in [1.29, 1.82) is 0 Å². The average molecular weight is 364 g/mol. The molecule has 0 spiro atoms. The smallest absolute Gasteiger partial charge is 0.271 e. The molecule has 4 rings (SSSR count). The third-order valence-electron chi connectivity index (χ3n) is 4.18. The molecule has 0 aliphatic rings. The summed E-state index contributed by atoms with van der Waals surface area (Å²) in [6, 6.07) is 11.4. The van der Waals surface area contributed by atoms with Crippen molar-refractivity contribution in [2.75, 3.05) is 5.32 Å². The van der Waals surface area contributed by atoms with Crippen molar-refractivity contribution in [1.82, 2.24) is 14.5 Å². The van der Waals surface area contributed by atoms with Gasteiger partial charge in [-0.25, -0.2) is 9.97 Å². The Bertz CT molecular complexity index is 1160. The topological polar surface area (TPSA) is 76.9 Å². The van der Waals surface area contributed by atoms with Crippen LogP contribution in [0.2, 0.25) is 0 Å². The highest BCUT2D eigenvalue weighted by molar-refractivity contribution is 7.25. The van der Waals surface area contributed by atoms with Gasteiger partial charge >= 0.3 is 0 Å². The Labute approximate surface area is 153 Å². The molecule has 3 aromatic heterocycles. The van der Waals surface area contributed by atoms with E-state index in [1.807, 2.05) is 36.4 Å². The number of benzene rings is 1. The maximum Gasteiger partial charge on any atom is 0.271 e. The summed E-state index contributed by atoms with van der Waals surface area (Å²) in [5, 5.41) is 3.67. The summed E-state index contributed by atoms with van der Waals surface area (Å²) in [6.45, 7) is 1.99. The van der Waals surface area contributed by atoms with E-state index >= 15 is 0 Å². The highest BCUT2D eigenvalue weighted by Crippen LogP contribution is 2.27. The van der Waals surface area contributed by atoms with Crippen molar-refractivity contribution < 1.29 is 4.79 Å². The molecule has 0 unspecified atom stereocenters. The van der Waals surface area contributed by atoms with E-state index in [1.54, 1.807) is 6.20 Å². The molecule has 6 nitrogen and oxygen atoms in total. The molecule has 130 valence electrons. The number of fused-ring (bicyclic) bond motifs is 3. The number of pyridine rings is 1. The third kappa shape index (κ3) is 2.97. The minimum Gasteiger partial charge on any atom is -0.325 e. The number of rotatable bonds is 4. The lowest BCUT2D eigenvalue weighted by Crippen LogP contribution is -2.27. The number of amides is 1. The van der Waals surface area contributed by atoms with Crippen LogP contribution in [0.5, 0.6) is 0 Å². The SMILES string of the molecule is CCc1ccc(NC(=O)Cn2cnc3c(sc4ncccc43)c2=O)cc1. The van der Waals surface area contributed by atoms with Gasteiger partial charge in [0.05, 0.1) is 11.8 Å². The highest BCUT2D eigenvalue weighted by atomic mass is 32.1. The summed E-state index contributed by atoms with van der Waals surface area (Å²) in [6.07, 6.45) is 4.05. The van der Waals surface area contributed by atoms with Crippen LogP contribution in [-0.4, -0.2) is 20.4 Å². The van der Waals surface area contributed by atoms with Crippen LogP contribution < -0.4 is 10.9 Å². The summed E-state index contributed by atoms with van der Waals surface area (Å²) >= 11 is 1.30. The first kappa shape index (κ1) is 16.4. The van der Waals surface area contributed by atoms with Gasteiger partial charge in [0.1, 0.15) is 16.1 Å². The number of nitrogens with one attached hydrogen (secondary N) is 1. The monoisotopic (exact) mass is 364 g/mol. The fourth-order valence-electron chi connectivity index (χ4n) is 2.79. The van der Waals surface area contributed by atoms with Crippen LogP contribution in [0.25, 0.3) is 20.4 Å². The lowest BCUT2D eigenvalue weighted by Gasteiger charge is -2.07. The average Bonchev–Trinajstić information content (AvgIpc) is 3.04. The zero-order chi connectivity index (χ0) is 18.1. The summed E-state index contributed by atoms with van der Waals surface area (Å²) in [4.78, 5) is 34.4. The number of carbonyl (C=O) groups is 1. The van der Waals surface area contributed by atoms with Crippen molar-refractivity contribution in [2.45, 2.75) is 19.9 Å². The molecule has 3 heterocycles. The van der Waals surface area contributed by atoms with E-state index in [4.69, 9.17) is 0 Å². The predicted molar refractivity (Wildman–Crippen MR) is 104 cm³/mol. The Kier molecular flexibility index (Phi) is 4.22. The van der Waals surface area contributed by atoms with Crippen LogP contribution in [0.1, 0.15) is 12.5 Å². The Morgan fingerprint density at radius 2 is 2.00 bits per heavy atom. The normalized spacial score (nSPS) is 11.1. The van der Waals surface area contributed by atoms with Crippen molar-refractivity contribution >= 4 is 43.4 Å². The van der Waals surface area contributed by atoms with Crippen LogP contribution in [0.15, 0.2) is 53.7 Å². The third-order valence-corrected chi connectivity index (χ3v) is 5.27. The fraction of sp³-hybridized carbons (Fsp3) is 0.158. The summed E-state index contributed by atoms with van der Waals surface area (Å²) in [5.74, 6) is -0.267. The van der Waals surface area contributed by atoms with Crippen LogP contribution >= 0.6 is 11.3 Å². The molecule has 26 heavy (non-hydrogen) atoms. The van der Waals surface area contributed by atoms with E-state index in [-0.39, 0.29) is 18.0 Å². The lowest BCUT2D eigenvalue weighted by atomic mass is 10.1. The second-order valence-corrected chi connectivity index (χ2v) is 6.91. The first-order valence-corrected chi connectivity index (χ1v) is 9.09. The number of hydrogen-bond donors (Lipinski definition) is 1. The van der Waals surface area contributed by atoms with Crippen molar-refractivity contribution in [3.8, 4) is 0 Å². The molecule has 0 saturated heterocycles. The maximum atomic E-state index is 12.7. The molecular formula is C19H16N4O2S. The van der Waals surface area contributed by atoms with E-state index in [0.29, 0.717) is 15.9 Å². The van der Waals surface area contributed by atoms with E-state index in [0.717, 1.165) is 16.6 Å². The standard InChI is InChI=1S/C19H16N4O2S/c1-2-12-5-7-13(8-6-12)22-15(24)10-23-11-21-16-14-4-3-9-20-18(14)26-17(16)19(23)25/h3-9,11H,2,10H2,1H3,(H,22,24). The van der Waals surface area contributed by atoms with E-state index in [2.05, 4.69) is 22.2 Å². The number of carbonyl (C=O) groups excluding carboxylic acids is 1. The van der Waals surface area contributed by atoms with Gasteiger partial charge in [0.15, 0.2) is 0 Å². The molecule has 4 aromatic rings. The molecule has 0 atom stereocenters. The van der Waals surface area contributed by atoms with Gasteiger partial charge < -0.3 is 5.32 Å². The second kappa shape index (κ2) is 6.68. The molecule has 0 fully saturated rings. The number of hydrogen-bond acceptors (Lipinski definition) is 5. The largest absolute Gasteiger partial charge is 0.325 e. The zero-order valence-corrected chi connectivity index (χ0v) is 14.9. The first-order valence-electron chi connectivity index (χ1n) is 8.27. The Balaban J connectivity index is 1.60. The number of thiophene rings is 1. The van der Waals surface area contributed by atoms with Crippen molar-refractivity contribution in [3.63, 3.8) is 0 Å². The van der Waals surface area contributed by atoms with Crippen LogP contribution in [-0.2, 0) is 17.8 Å². The molecule has 0 saturated carbocycles. The second-order valence-electron chi connectivity index (χ2n) is 5.91.